The summed E-state index contributed by atoms with van der Waals surface area (Å²) in [5, 5.41) is 14.2. The standard InChI is InChI=1S/C3H3N6S/c1-3(5-8-10-1)9-2-4-6-7-9/h1-2H,(H,4,7). The van der Waals surface area contributed by atoms with Gasteiger partial charge >= 0.3 is 0 Å². The SMILES string of the molecule is [CH]1NN=NN1c1csnn1. The quantitative estimate of drug-likeness (QED) is 0.635. The molecule has 0 atom stereocenters. The zero-order valence-corrected chi connectivity index (χ0v) is 5.62. The Morgan fingerprint density at radius 2 is 2.60 bits per heavy atom. The maximum absolute atomic E-state index is 3.77. The Morgan fingerprint density at radius 1 is 1.60 bits per heavy atom. The van der Waals surface area contributed by atoms with Crippen LogP contribution in [0.15, 0.2) is 15.8 Å². The third-order valence-corrected chi connectivity index (χ3v) is 1.45. The van der Waals surface area contributed by atoms with Crippen LogP contribution in [0, 0.1) is 6.67 Å². The summed E-state index contributed by atoms with van der Waals surface area (Å²) >= 11 is 1.27. The van der Waals surface area contributed by atoms with E-state index in [1.807, 2.05) is 0 Å². The molecule has 0 aromatic carbocycles. The highest BCUT2D eigenvalue weighted by Gasteiger charge is 2.11. The van der Waals surface area contributed by atoms with Gasteiger partial charge in [0.15, 0.2) is 12.5 Å². The molecule has 0 spiro atoms. The summed E-state index contributed by atoms with van der Waals surface area (Å²) in [6, 6.07) is 0. The molecule has 7 heteroatoms. The van der Waals surface area contributed by atoms with Gasteiger partial charge in [-0.2, -0.15) is 5.01 Å². The minimum Gasteiger partial charge on any atom is -0.261 e. The first-order valence-electron chi connectivity index (χ1n) is 2.52. The van der Waals surface area contributed by atoms with E-state index < -0.39 is 0 Å². The topological polar surface area (TPSA) is 65.8 Å². The van der Waals surface area contributed by atoms with Crippen LogP contribution in [0.25, 0.3) is 0 Å². The summed E-state index contributed by atoms with van der Waals surface area (Å²) in [6.07, 6.45) is 0. The lowest BCUT2D eigenvalue weighted by Crippen LogP contribution is -2.12. The second-order valence-corrected chi connectivity index (χ2v) is 2.17. The molecule has 0 fully saturated rings. The maximum Gasteiger partial charge on any atom is 0.187 e. The van der Waals surface area contributed by atoms with Gasteiger partial charge in [0.05, 0.1) is 5.38 Å². The smallest absolute Gasteiger partial charge is 0.187 e. The number of aromatic nitrogens is 2. The molecule has 6 nitrogen and oxygen atoms in total. The van der Waals surface area contributed by atoms with Gasteiger partial charge in [0.25, 0.3) is 0 Å². The number of hydrogen-bond donors (Lipinski definition) is 1. The van der Waals surface area contributed by atoms with Crippen LogP contribution >= 0.6 is 11.5 Å². The molecule has 0 unspecified atom stereocenters. The average molecular weight is 155 g/mol. The Morgan fingerprint density at radius 3 is 3.20 bits per heavy atom. The summed E-state index contributed by atoms with van der Waals surface area (Å²) in [6.45, 7) is 1.59. The van der Waals surface area contributed by atoms with Crippen molar-refractivity contribution in [2.24, 2.45) is 10.4 Å². The molecular formula is C3H3N6S. The van der Waals surface area contributed by atoms with Gasteiger partial charge in [-0.25, -0.2) is 0 Å². The minimum atomic E-state index is 0.679. The molecular weight excluding hydrogens is 152 g/mol. The van der Waals surface area contributed by atoms with Crippen LogP contribution in [0.3, 0.4) is 0 Å². The van der Waals surface area contributed by atoms with Gasteiger partial charge in [-0.05, 0) is 16.8 Å². The molecule has 0 saturated carbocycles. The number of nitrogens with one attached hydrogen (secondary N) is 1. The lowest BCUT2D eigenvalue weighted by atomic mass is 10.7. The monoisotopic (exact) mass is 155 g/mol. The molecule has 1 aromatic rings. The van der Waals surface area contributed by atoms with Crippen molar-refractivity contribution in [1.29, 1.82) is 0 Å². The third-order valence-electron chi connectivity index (χ3n) is 0.962. The second kappa shape index (κ2) is 2.18. The molecule has 0 aliphatic carbocycles. The Labute approximate surface area is 60.7 Å². The van der Waals surface area contributed by atoms with Crippen molar-refractivity contribution in [3.63, 3.8) is 0 Å². The Hall–Kier alpha value is -1.24. The Bertz CT molecular complexity index is 229. The van der Waals surface area contributed by atoms with Crippen molar-refractivity contribution in [1.82, 2.24) is 15.0 Å². The van der Waals surface area contributed by atoms with Crippen LogP contribution in [-0.4, -0.2) is 9.59 Å². The van der Waals surface area contributed by atoms with Crippen LogP contribution in [0.4, 0.5) is 5.82 Å². The highest BCUT2D eigenvalue weighted by molar-refractivity contribution is 7.03. The average Bonchev–Trinajstić information content (AvgIpc) is 2.59. The second-order valence-electron chi connectivity index (χ2n) is 1.56. The Balaban J connectivity index is 2.20. The molecule has 2 rings (SSSR count). The minimum absolute atomic E-state index is 0.679. The molecule has 51 valence electrons. The fourth-order valence-corrected chi connectivity index (χ4v) is 0.979. The van der Waals surface area contributed by atoms with Gasteiger partial charge in [-0.1, -0.05) is 9.71 Å². The normalized spacial score (nSPS) is 15.8. The molecule has 1 aromatic heterocycles. The van der Waals surface area contributed by atoms with Crippen molar-refractivity contribution in [2.75, 3.05) is 5.01 Å². The number of rotatable bonds is 1. The van der Waals surface area contributed by atoms with E-state index >= 15 is 0 Å². The van der Waals surface area contributed by atoms with Gasteiger partial charge < -0.3 is 0 Å². The maximum atomic E-state index is 3.77. The van der Waals surface area contributed by atoms with Crippen molar-refractivity contribution >= 4 is 17.4 Å². The summed E-state index contributed by atoms with van der Waals surface area (Å²) in [5.74, 6) is 0.679. The summed E-state index contributed by atoms with van der Waals surface area (Å²) in [7, 11) is 0. The van der Waals surface area contributed by atoms with E-state index in [0.29, 0.717) is 5.82 Å². The van der Waals surface area contributed by atoms with Gasteiger partial charge in [0.1, 0.15) is 0 Å². The van der Waals surface area contributed by atoms with Crippen LogP contribution < -0.4 is 10.4 Å². The highest BCUT2D eigenvalue weighted by Crippen LogP contribution is 2.14. The summed E-state index contributed by atoms with van der Waals surface area (Å²) in [5.41, 5.74) is 2.56. The van der Waals surface area contributed by atoms with Gasteiger partial charge in [0.2, 0.25) is 0 Å². The van der Waals surface area contributed by atoms with Crippen LogP contribution in [-0.2, 0) is 0 Å². The first kappa shape index (κ1) is 5.54. The predicted molar refractivity (Wildman–Crippen MR) is 34.7 cm³/mol. The van der Waals surface area contributed by atoms with Crippen molar-refractivity contribution in [3.8, 4) is 0 Å². The summed E-state index contributed by atoms with van der Waals surface area (Å²) in [4.78, 5) is 0. The summed E-state index contributed by atoms with van der Waals surface area (Å²) < 4.78 is 3.67. The van der Waals surface area contributed by atoms with Crippen LogP contribution in [0.5, 0.6) is 0 Å². The van der Waals surface area contributed by atoms with Gasteiger partial charge in [-0.15, -0.1) is 5.10 Å². The van der Waals surface area contributed by atoms with Gasteiger partial charge in [-0.3, -0.25) is 5.43 Å². The molecule has 10 heavy (non-hydrogen) atoms. The van der Waals surface area contributed by atoms with E-state index in [9.17, 15) is 0 Å². The molecule has 2 heterocycles. The third kappa shape index (κ3) is 0.798. The molecule has 0 amide bonds. The van der Waals surface area contributed by atoms with Gasteiger partial charge in [0, 0.05) is 0 Å². The number of hydrogen-bond acceptors (Lipinski definition) is 7. The molecule has 1 aliphatic heterocycles. The lowest BCUT2D eigenvalue weighted by molar-refractivity contribution is 0.902. The van der Waals surface area contributed by atoms with Crippen molar-refractivity contribution < 1.29 is 0 Å². The fraction of sp³-hybridized carbons (Fsp3) is 0. The molecule has 1 N–H and O–H groups in total. The first-order chi connectivity index (χ1) is 4.97. The highest BCUT2D eigenvalue weighted by atomic mass is 32.1. The molecule has 0 saturated heterocycles. The van der Waals surface area contributed by atoms with E-state index in [1.54, 1.807) is 12.0 Å². The Kier molecular flexibility index (Phi) is 1.21. The molecule has 1 aliphatic rings. The van der Waals surface area contributed by atoms with Crippen molar-refractivity contribution in [2.45, 2.75) is 0 Å². The van der Waals surface area contributed by atoms with Crippen LogP contribution in [0.2, 0.25) is 0 Å². The molecule has 1 radical (unpaired) electrons. The zero-order valence-electron chi connectivity index (χ0n) is 4.80. The lowest BCUT2D eigenvalue weighted by Gasteiger charge is -2.01. The predicted octanol–water partition coefficient (Wildman–Crippen LogP) is 0.349. The van der Waals surface area contributed by atoms with E-state index in [0.717, 1.165) is 0 Å². The van der Waals surface area contributed by atoms with E-state index in [2.05, 4.69) is 25.5 Å². The zero-order chi connectivity index (χ0) is 6.81. The van der Waals surface area contributed by atoms with Crippen molar-refractivity contribution in [3.05, 3.63) is 12.0 Å². The van der Waals surface area contributed by atoms with E-state index in [4.69, 9.17) is 0 Å². The largest absolute Gasteiger partial charge is 0.261 e. The molecule has 0 bridgehead atoms. The van der Waals surface area contributed by atoms with Crippen LogP contribution in [0.1, 0.15) is 0 Å². The fourth-order valence-electron chi connectivity index (χ4n) is 0.552. The number of nitrogens with zero attached hydrogens (tertiary/aromatic N) is 5. The first-order valence-corrected chi connectivity index (χ1v) is 3.36. The van der Waals surface area contributed by atoms with E-state index in [1.165, 1.54) is 16.5 Å². The van der Waals surface area contributed by atoms with E-state index in [-0.39, 0.29) is 0 Å². The number of anilines is 1.